The number of benzene rings is 5. The summed E-state index contributed by atoms with van der Waals surface area (Å²) in [5.41, 5.74) is 5.83. The molecule has 0 heterocycles. The van der Waals surface area contributed by atoms with E-state index >= 15 is 0 Å². The van der Waals surface area contributed by atoms with Crippen molar-refractivity contribution in [2.45, 2.75) is 0 Å². The van der Waals surface area contributed by atoms with E-state index in [-0.39, 0.29) is 0 Å². The van der Waals surface area contributed by atoms with Gasteiger partial charge in [-0.15, -0.1) is 0 Å². The van der Waals surface area contributed by atoms with Gasteiger partial charge in [0.15, 0.2) is 0 Å². The molecule has 0 atom stereocenters. The minimum atomic E-state index is 0.932. The summed E-state index contributed by atoms with van der Waals surface area (Å²) in [6.07, 6.45) is 0. The Morgan fingerprint density at radius 2 is 0.765 bits per heavy atom. The molecule has 5 aromatic carbocycles. The lowest BCUT2D eigenvalue weighted by molar-refractivity contribution is 1.61. The second kappa shape index (κ2) is 10.1. The molecular formula is C34H20. The van der Waals surface area contributed by atoms with Gasteiger partial charge in [0.2, 0.25) is 0 Å². The lowest BCUT2D eigenvalue weighted by atomic mass is 9.98. The zero-order chi connectivity index (χ0) is 23.0. The molecule has 5 rings (SSSR count). The van der Waals surface area contributed by atoms with Crippen molar-refractivity contribution < 1.29 is 0 Å². The van der Waals surface area contributed by atoms with E-state index in [1.54, 1.807) is 0 Å². The van der Waals surface area contributed by atoms with Crippen molar-refractivity contribution in [3.63, 3.8) is 0 Å². The average molecular weight is 429 g/mol. The highest BCUT2D eigenvalue weighted by atomic mass is 14.1. The molecule has 34 heavy (non-hydrogen) atoms. The van der Waals surface area contributed by atoms with Gasteiger partial charge in [-0.1, -0.05) is 96.2 Å². The molecule has 0 aliphatic heterocycles. The zero-order valence-corrected chi connectivity index (χ0v) is 18.5. The second-order valence-corrected chi connectivity index (χ2v) is 7.81. The van der Waals surface area contributed by atoms with Crippen LogP contribution in [0.5, 0.6) is 0 Å². The first kappa shape index (κ1) is 20.9. The van der Waals surface area contributed by atoms with Gasteiger partial charge in [-0.2, -0.15) is 0 Å². The first-order chi connectivity index (χ1) is 16.8. The minimum Gasteiger partial charge on any atom is -0.0622 e. The van der Waals surface area contributed by atoms with Crippen LogP contribution in [-0.2, 0) is 0 Å². The van der Waals surface area contributed by atoms with Crippen LogP contribution in [0.25, 0.3) is 10.8 Å². The van der Waals surface area contributed by atoms with Crippen LogP contribution in [0.3, 0.4) is 0 Å². The lowest BCUT2D eigenvalue weighted by Gasteiger charge is -2.04. The van der Waals surface area contributed by atoms with Gasteiger partial charge < -0.3 is 0 Å². The molecule has 0 aliphatic carbocycles. The van der Waals surface area contributed by atoms with Crippen LogP contribution in [0.1, 0.15) is 33.4 Å². The van der Waals surface area contributed by atoms with Crippen LogP contribution in [0.2, 0.25) is 0 Å². The zero-order valence-electron chi connectivity index (χ0n) is 18.5. The van der Waals surface area contributed by atoms with E-state index < -0.39 is 0 Å². The van der Waals surface area contributed by atoms with Gasteiger partial charge in [-0.3, -0.25) is 0 Å². The first-order valence-corrected chi connectivity index (χ1v) is 11.1. The number of rotatable bonds is 0. The van der Waals surface area contributed by atoms with E-state index in [9.17, 15) is 0 Å². The Morgan fingerprint density at radius 3 is 1.32 bits per heavy atom. The fourth-order valence-corrected chi connectivity index (χ4v) is 3.62. The van der Waals surface area contributed by atoms with Crippen LogP contribution in [-0.4, -0.2) is 0 Å². The summed E-state index contributed by atoms with van der Waals surface area (Å²) in [5, 5.41) is 2.18. The highest BCUT2D eigenvalue weighted by Gasteiger charge is 2.03. The summed E-state index contributed by atoms with van der Waals surface area (Å²) >= 11 is 0. The minimum absolute atomic E-state index is 0.932. The summed E-state index contributed by atoms with van der Waals surface area (Å²) in [5.74, 6) is 19.8. The van der Waals surface area contributed by atoms with Crippen LogP contribution >= 0.6 is 0 Å². The van der Waals surface area contributed by atoms with Crippen molar-refractivity contribution >= 4 is 10.8 Å². The quantitative estimate of drug-likeness (QED) is 0.232. The average Bonchev–Trinajstić information content (AvgIpc) is 2.91. The van der Waals surface area contributed by atoms with Gasteiger partial charge in [0, 0.05) is 33.4 Å². The van der Waals surface area contributed by atoms with E-state index in [1.807, 2.05) is 91.0 Å². The number of hydrogen-bond donors (Lipinski definition) is 0. The molecule has 0 saturated carbocycles. The van der Waals surface area contributed by atoms with Crippen molar-refractivity contribution in [3.8, 4) is 35.5 Å². The van der Waals surface area contributed by atoms with E-state index in [0.29, 0.717) is 0 Å². The van der Waals surface area contributed by atoms with Crippen LogP contribution in [0, 0.1) is 35.5 Å². The molecular weight excluding hydrogens is 408 g/mol. The maximum Gasteiger partial charge on any atom is 0.0339 e. The van der Waals surface area contributed by atoms with Crippen molar-refractivity contribution in [2.24, 2.45) is 0 Å². The van der Waals surface area contributed by atoms with Crippen LogP contribution < -0.4 is 0 Å². The predicted molar refractivity (Wildman–Crippen MR) is 141 cm³/mol. The maximum absolute atomic E-state index is 3.37. The fraction of sp³-hybridized carbons (Fsp3) is 0. The number of hydrogen-bond acceptors (Lipinski definition) is 0. The molecule has 156 valence electrons. The third-order valence-electron chi connectivity index (χ3n) is 5.32. The van der Waals surface area contributed by atoms with Crippen molar-refractivity contribution in [3.05, 3.63) is 155 Å². The van der Waals surface area contributed by atoms with Gasteiger partial charge in [-0.25, -0.2) is 0 Å². The van der Waals surface area contributed by atoms with Gasteiger partial charge in [0.1, 0.15) is 0 Å². The fourth-order valence-electron chi connectivity index (χ4n) is 3.62. The molecule has 0 saturated heterocycles. The molecule has 0 N–H and O–H groups in total. The van der Waals surface area contributed by atoms with E-state index in [2.05, 4.69) is 65.9 Å². The number of fused-ring (bicyclic) bond motifs is 1. The SMILES string of the molecule is C(#Cc1ccc2c(C#Cc3ccccc3)cc(C#Cc3ccccc3)cc2c1)c1ccccc1. The van der Waals surface area contributed by atoms with Crippen molar-refractivity contribution in [1.29, 1.82) is 0 Å². The maximum atomic E-state index is 3.37. The van der Waals surface area contributed by atoms with Crippen molar-refractivity contribution in [2.75, 3.05) is 0 Å². The van der Waals surface area contributed by atoms with E-state index in [1.165, 1.54) is 0 Å². The Hall–Kier alpha value is -4.96. The molecule has 0 radical (unpaired) electrons. The molecule has 0 heteroatoms. The summed E-state index contributed by atoms with van der Waals surface area (Å²) < 4.78 is 0. The standard InChI is InChI=1S/C34H20/c1-4-10-27(11-5-1)16-18-30-21-23-34-32(22-20-29-14-8-3-9-15-29)25-31(26-33(34)24-30)19-17-28-12-6-2-7-13-28/h1-15,21,23-26H. The summed E-state index contributed by atoms with van der Waals surface area (Å²) in [6.45, 7) is 0. The molecule has 0 bridgehead atoms. The van der Waals surface area contributed by atoms with Gasteiger partial charge in [0.25, 0.3) is 0 Å². The summed E-state index contributed by atoms with van der Waals surface area (Å²) in [7, 11) is 0. The van der Waals surface area contributed by atoms with Gasteiger partial charge in [-0.05, 0) is 71.4 Å². The third-order valence-corrected chi connectivity index (χ3v) is 5.32. The summed E-state index contributed by atoms with van der Waals surface area (Å²) in [6, 6.07) is 40.6. The molecule has 0 fully saturated rings. The van der Waals surface area contributed by atoms with Gasteiger partial charge >= 0.3 is 0 Å². The normalized spacial score (nSPS) is 9.65. The van der Waals surface area contributed by atoms with Gasteiger partial charge in [0.05, 0.1) is 0 Å². The highest BCUT2D eigenvalue weighted by molar-refractivity contribution is 5.91. The molecule has 0 nitrogen and oxygen atoms in total. The van der Waals surface area contributed by atoms with Crippen LogP contribution in [0.4, 0.5) is 0 Å². The topological polar surface area (TPSA) is 0 Å². The Labute approximate surface area is 200 Å². The smallest absolute Gasteiger partial charge is 0.0339 e. The molecule has 0 spiro atoms. The molecule has 0 aliphatic rings. The monoisotopic (exact) mass is 428 g/mol. The van der Waals surface area contributed by atoms with Crippen molar-refractivity contribution in [1.82, 2.24) is 0 Å². The molecule has 5 aromatic rings. The molecule has 0 amide bonds. The Balaban J connectivity index is 1.59. The first-order valence-electron chi connectivity index (χ1n) is 11.1. The largest absolute Gasteiger partial charge is 0.0622 e. The predicted octanol–water partition coefficient (Wildman–Crippen LogP) is 7.04. The van der Waals surface area contributed by atoms with E-state index in [4.69, 9.17) is 0 Å². The molecule has 0 aromatic heterocycles. The van der Waals surface area contributed by atoms with Crippen LogP contribution in [0.15, 0.2) is 121 Å². The molecule has 0 unspecified atom stereocenters. The Kier molecular flexibility index (Phi) is 6.22. The Bertz CT molecular complexity index is 1620. The van der Waals surface area contributed by atoms with E-state index in [0.717, 1.165) is 44.2 Å². The second-order valence-electron chi connectivity index (χ2n) is 7.81. The highest BCUT2D eigenvalue weighted by Crippen LogP contribution is 2.22. The summed E-state index contributed by atoms with van der Waals surface area (Å²) in [4.78, 5) is 0. The Morgan fingerprint density at radius 1 is 0.324 bits per heavy atom. The third kappa shape index (κ3) is 5.26. The lowest BCUT2D eigenvalue weighted by Crippen LogP contribution is -1.87.